The normalized spacial score (nSPS) is 18.5. The second-order valence-corrected chi connectivity index (χ2v) is 6.29. The van der Waals surface area contributed by atoms with E-state index in [2.05, 4.69) is 43.0 Å². The lowest BCUT2D eigenvalue weighted by Gasteiger charge is -2.39. The van der Waals surface area contributed by atoms with Crippen LogP contribution in [0.2, 0.25) is 0 Å². The van der Waals surface area contributed by atoms with Crippen LogP contribution in [0.25, 0.3) is 0 Å². The Morgan fingerprint density at radius 1 is 1.29 bits per heavy atom. The van der Waals surface area contributed by atoms with Gasteiger partial charge in [-0.15, -0.1) is 0 Å². The van der Waals surface area contributed by atoms with Gasteiger partial charge in [0, 0.05) is 31.9 Å². The molecule has 1 aliphatic rings. The van der Waals surface area contributed by atoms with Crippen molar-refractivity contribution in [2.24, 2.45) is 5.73 Å². The van der Waals surface area contributed by atoms with E-state index >= 15 is 0 Å². The van der Waals surface area contributed by atoms with E-state index in [-0.39, 0.29) is 5.91 Å². The first kappa shape index (κ1) is 15.8. The molecule has 2 rings (SSSR count). The van der Waals surface area contributed by atoms with Gasteiger partial charge in [-0.25, -0.2) is 0 Å². The van der Waals surface area contributed by atoms with Gasteiger partial charge in [-0.05, 0) is 38.0 Å². The van der Waals surface area contributed by atoms with Crippen molar-refractivity contribution in [3.8, 4) is 0 Å². The highest BCUT2D eigenvalue weighted by molar-refractivity contribution is 5.85. The fourth-order valence-electron chi connectivity index (χ4n) is 2.98. The second-order valence-electron chi connectivity index (χ2n) is 6.29. The van der Waals surface area contributed by atoms with E-state index in [1.165, 1.54) is 11.3 Å². The summed E-state index contributed by atoms with van der Waals surface area (Å²) < 4.78 is 0. The minimum absolute atomic E-state index is 0.0910. The van der Waals surface area contributed by atoms with Crippen LogP contribution in [-0.2, 0) is 4.79 Å². The first-order valence-electron chi connectivity index (χ1n) is 7.84. The van der Waals surface area contributed by atoms with Gasteiger partial charge in [0.25, 0.3) is 0 Å². The molecule has 4 nitrogen and oxygen atoms in total. The van der Waals surface area contributed by atoms with Crippen molar-refractivity contribution in [1.82, 2.24) is 4.90 Å². The molecule has 0 saturated carbocycles. The van der Waals surface area contributed by atoms with Crippen molar-refractivity contribution in [2.75, 3.05) is 31.1 Å². The zero-order valence-corrected chi connectivity index (χ0v) is 13.4. The quantitative estimate of drug-likeness (QED) is 0.924. The lowest BCUT2D eigenvalue weighted by atomic mass is 9.95. The lowest BCUT2D eigenvalue weighted by molar-refractivity contribution is -0.137. The third-order valence-corrected chi connectivity index (χ3v) is 4.19. The standard InChI is InChI=1S/C17H27N3O/c1-4-8-17(3,18)16(21)20-11-9-19(10-12-20)15-7-5-6-14(2)13-15/h5-7,13H,4,8-12,18H2,1-3H3. The molecule has 116 valence electrons. The summed E-state index contributed by atoms with van der Waals surface area (Å²) in [4.78, 5) is 16.7. The second kappa shape index (κ2) is 6.48. The monoisotopic (exact) mass is 289 g/mol. The van der Waals surface area contributed by atoms with Gasteiger partial charge in [0.1, 0.15) is 0 Å². The number of piperazine rings is 1. The van der Waals surface area contributed by atoms with Gasteiger partial charge >= 0.3 is 0 Å². The number of anilines is 1. The number of benzene rings is 1. The maximum atomic E-state index is 12.5. The number of rotatable bonds is 4. The summed E-state index contributed by atoms with van der Waals surface area (Å²) >= 11 is 0. The SMILES string of the molecule is CCCC(C)(N)C(=O)N1CCN(c2cccc(C)c2)CC1. The molecule has 1 atom stereocenters. The van der Waals surface area contributed by atoms with Crippen LogP contribution in [-0.4, -0.2) is 42.5 Å². The molecule has 1 amide bonds. The number of hydrogen-bond donors (Lipinski definition) is 1. The maximum Gasteiger partial charge on any atom is 0.242 e. The van der Waals surface area contributed by atoms with Crippen LogP contribution in [0, 0.1) is 6.92 Å². The molecule has 1 heterocycles. The molecular formula is C17H27N3O. The van der Waals surface area contributed by atoms with E-state index in [1.54, 1.807) is 0 Å². The van der Waals surface area contributed by atoms with Crippen molar-refractivity contribution >= 4 is 11.6 Å². The third-order valence-electron chi connectivity index (χ3n) is 4.19. The summed E-state index contributed by atoms with van der Waals surface area (Å²) in [5.74, 6) is 0.0910. The molecule has 0 spiro atoms. The van der Waals surface area contributed by atoms with Crippen LogP contribution in [0.15, 0.2) is 24.3 Å². The van der Waals surface area contributed by atoms with Crippen molar-refractivity contribution in [3.05, 3.63) is 29.8 Å². The number of carbonyl (C=O) groups excluding carboxylic acids is 1. The number of carbonyl (C=O) groups is 1. The van der Waals surface area contributed by atoms with Gasteiger partial charge in [0.15, 0.2) is 0 Å². The average molecular weight is 289 g/mol. The third kappa shape index (κ3) is 3.76. The molecular weight excluding hydrogens is 262 g/mol. The molecule has 0 aliphatic carbocycles. The fraction of sp³-hybridized carbons (Fsp3) is 0.588. The summed E-state index contributed by atoms with van der Waals surface area (Å²) in [7, 11) is 0. The molecule has 21 heavy (non-hydrogen) atoms. The lowest BCUT2D eigenvalue weighted by Crippen LogP contribution is -2.58. The zero-order valence-electron chi connectivity index (χ0n) is 13.4. The Hall–Kier alpha value is -1.55. The number of nitrogens with zero attached hydrogens (tertiary/aromatic N) is 2. The van der Waals surface area contributed by atoms with Crippen molar-refractivity contribution in [1.29, 1.82) is 0 Å². The molecule has 1 aliphatic heterocycles. The molecule has 1 unspecified atom stereocenters. The van der Waals surface area contributed by atoms with Crippen LogP contribution in [0.5, 0.6) is 0 Å². The summed E-state index contributed by atoms with van der Waals surface area (Å²) in [6.45, 7) is 9.27. The Bertz CT molecular complexity index is 491. The summed E-state index contributed by atoms with van der Waals surface area (Å²) in [6.07, 6.45) is 1.67. The van der Waals surface area contributed by atoms with Crippen LogP contribution in [0.1, 0.15) is 32.3 Å². The van der Waals surface area contributed by atoms with Crippen molar-refractivity contribution in [3.63, 3.8) is 0 Å². The van der Waals surface area contributed by atoms with Crippen LogP contribution in [0.4, 0.5) is 5.69 Å². The summed E-state index contributed by atoms with van der Waals surface area (Å²) in [5, 5.41) is 0. The molecule has 4 heteroatoms. The predicted octanol–water partition coefficient (Wildman–Crippen LogP) is 2.16. The van der Waals surface area contributed by atoms with Gasteiger partial charge in [-0.2, -0.15) is 0 Å². The number of aryl methyl sites for hydroxylation is 1. The first-order chi connectivity index (χ1) is 9.94. The van der Waals surface area contributed by atoms with Crippen LogP contribution in [0.3, 0.4) is 0 Å². The Morgan fingerprint density at radius 3 is 2.52 bits per heavy atom. The van der Waals surface area contributed by atoms with E-state index in [1.807, 2.05) is 11.8 Å². The number of hydrogen-bond acceptors (Lipinski definition) is 3. The highest BCUT2D eigenvalue weighted by Gasteiger charge is 2.33. The molecule has 1 aromatic carbocycles. The van der Waals surface area contributed by atoms with Crippen molar-refractivity contribution < 1.29 is 4.79 Å². The molecule has 1 fully saturated rings. The smallest absolute Gasteiger partial charge is 0.242 e. The van der Waals surface area contributed by atoms with E-state index in [0.29, 0.717) is 0 Å². The Labute approximate surface area is 127 Å². The number of nitrogens with two attached hydrogens (primary N) is 1. The van der Waals surface area contributed by atoms with E-state index in [9.17, 15) is 4.79 Å². The van der Waals surface area contributed by atoms with Gasteiger partial charge in [-0.3, -0.25) is 4.79 Å². The van der Waals surface area contributed by atoms with Gasteiger partial charge < -0.3 is 15.5 Å². The number of amides is 1. The Kier molecular flexibility index (Phi) is 4.88. The molecule has 2 N–H and O–H groups in total. The van der Waals surface area contributed by atoms with E-state index in [4.69, 9.17) is 5.73 Å². The molecule has 0 radical (unpaired) electrons. The molecule has 1 aromatic rings. The first-order valence-corrected chi connectivity index (χ1v) is 7.84. The van der Waals surface area contributed by atoms with E-state index < -0.39 is 5.54 Å². The van der Waals surface area contributed by atoms with Crippen LogP contribution < -0.4 is 10.6 Å². The zero-order chi connectivity index (χ0) is 15.5. The minimum atomic E-state index is -0.722. The summed E-state index contributed by atoms with van der Waals surface area (Å²) in [6, 6.07) is 8.52. The molecule has 0 bridgehead atoms. The maximum absolute atomic E-state index is 12.5. The van der Waals surface area contributed by atoms with E-state index in [0.717, 1.165) is 39.0 Å². The fourth-order valence-corrected chi connectivity index (χ4v) is 2.98. The van der Waals surface area contributed by atoms with Gasteiger partial charge in [0.2, 0.25) is 5.91 Å². The van der Waals surface area contributed by atoms with Crippen LogP contribution >= 0.6 is 0 Å². The van der Waals surface area contributed by atoms with Crippen molar-refractivity contribution in [2.45, 2.75) is 39.2 Å². The Balaban J connectivity index is 1.96. The highest BCUT2D eigenvalue weighted by atomic mass is 16.2. The predicted molar refractivity (Wildman–Crippen MR) is 87.5 cm³/mol. The summed E-state index contributed by atoms with van der Waals surface area (Å²) in [5.41, 5.74) is 7.95. The largest absolute Gasteiger partial charge is 0.368 e. The van der Waals surface area contributed by atoms with Gasteiger partial charge in [0.05, 0.1) is 5.54 Å². The molecule has 0 aromatic heterocycles. The Morgan fingerprint density at radius 2 is 1.95 bits per heavy atom. The highest BCUT2D eigenvalue weighted by Crippen LogP contribution is 2.20. The minimum Gasteiger partial charge on any atom is -0.368 e. The van der Waals surface area contributed by atoms with Gasteiger partial charge in [-0.1, -0.05) is 25.5 Å². The topological polar surface area (TPSA) is 49.6 Å². The molecule has 1 saturated heterocycles. The average Bonchev–Trinajstić information content (AvgIpc) is 2.46.